The van der Waals surface area contributed by atoms with E-state index in [1.54, 1.807) is 7.11 Å². The summed E-state index contributed by atoms with van der Waals surface area (Å²) in [4.78, 5) is 18.5. The van der Waals surface area contributed by atoms with Crippen LogP contribution in [0.4, 0.5) is 0 Å². The lowest BCUT2D eigenvalue weighted by Gasteiger charge is -2.26. The molecule has 1 aliphatic heterocycles. The Labute approximate surface area is 90.7 Å². The Hall–Kier alpha value is -0.650. The van der Waals surface area contributed by atoms with Gasteiger partial charge in [0.15, 0.2) is 0 Å². The van der Waals surface area contributed by atoms with Crippen LogP contribution in [-0.2, 0) is 14.4 Å². The average Bonchev–Trinajstić information content (AvgIpc) is 2.30. The van der Waals surface area contributed by atoms with Gasteiger partial charge < -0.3 is 9.64 Å². The number of ether oxygens (including phenoxy) is 1. The van der Waals surface area contributed by atoms with Crippen LogP contribution in [0.1, 0.15) is 19.3 Å². The summed E-state index contributed by atoms with van der Waals surface area (Å²) < 4.78 is 4.80. The number of nitrogens with one attached hydrogen (secondary N) is 1. The van der Waals surface area contributed by atoms with Gasteiger partial charge in [0.05, 0.1) is 13.2 Å². The highest BCUT2D eigenvalue weighted by atomic mass is 16.7. The zero-order valence-electron chi connectivity index (χ0n) is 9.33. The van der Waals surface area contributed by atoms with Crippen LogP contribution in [-0.4, -0.2) is 50.8 Å². The van der Waals surface area contributed by atoms with Crippen molar-refractivity contribution >= 4 is 5.91 Å². The van der Waals surface area contributed by atoms with Gasteiger partial charge in [0.25, 0.3) is 0 Å². The summed E-state index contributed by atoms with van der Waals surface area (Å²) in [6.45, 7) is 3.02. The fourth-order valence-electron chi connectivity index (χ4n) is 1.57. The minimum Gasteiger partial charge on any atom is -0.382 e. The molecule has 0 spiro atoms. The molecule has 1 heterocycles. The number of carbonyl (C=O) groups is 1. The Balaban J connectivity index is 2.02. The van der Waals surface area contributed by atoms with Crippen LogP contribution in [0.15, 0.2) is 0 Å². The summed E-state index contributed by atoms with van der Waals surface area (Å²) in [6, 6.07) is 0. The fraction of sp³-hybridized carbons (Fsp3) is 0.900. The quantitative estimate of drug-likeness (QED) is 0.508. The van der Waals surface area contributed by atoms with Gasteiger partial charge in [-0.1, -0.05) is 0 Å². The summed E-state index contributed by atoms with van der Waals surface area (Å²) in [5.41, 5.74) is 2.65. The van der Waals surface area contributed by atoms with E-state index in [4.69, 9.17) is 9.57 Å². The third-order valence-corrected chi connectivity index (χ3v) is 2.42. The number of rotatable bonds is 6. The lowest BCUT2D eigenvalue weighted by atomic mass is 10.1. The summed E-state index contributed by atoms with van der Waals surface area (Å²) in [7, 11) is 1.61. The Kier molecular flexibility index (Phi) is 6.31. The van der Waals surface area contributed by atoms with Crippen molar-refractivity contribution in [1.29, 1.82) is 0 Å². The molecular formula is C10H20N2O3. The Morgan fingerprint density at radius 2 is 2.00 bits per heavy atom. The highest BCUT2D eigenvalue weighted by Gasteiger charge is 2.15. The molecule has 1 saturated heterocycles. The first-order valence-corrected chi connectivity index (χ1v) is 5.46. The molecular weight excluding hydrogens is 196 g/mol. The van der Waals surface area contributed by atoms with E-state index in [2.05, 4.69) is 5.48 Å². The number of carbonyl (C=O) groups excluding carboxylic acids is 1. The highest BCUT2D eigenvalue weighted by Crippen LogP contribution is 2.07. The number of hydrogen-bond donors (Lipinski definition) is 1. The van der Waals surface area contributed by atoms with Crippen LogP contribution in [0, 0.1) is 0 Å². The number of hydroxylamine groups is 1. The molecule has 88 valence electrons. The molecule has 5 heteroatoms. The smallest absolute Gasteiger partial charge is 0.238 e. The first-order valence-electron chi connectivity index (χ1n) is 5.46. The van der Waals surface area contributed by atoms with E-state index in [9.17, 15) is 4.79 Å². The molecule has 0 aromatic heterocycles. The van der Waals surface area contributed by atoms with E-state index in [1.807, 2.05) is 4.90 Å². The highest BCUT2D eigenvalue weighted by molar-refractivity contribution is 5.78. The molecule has 0 radical (unpaired) electrons. The number of likely N-dealkylation sites (tertiary alicyclic amines) is 1. The van der Waals surface area contributed by atoms with Crippen LogP contribution in [0.5, 0.6) is 0 Å². The van der Waals surface area contributed by atoms with Crippen molar-refractivity contribution in [1.82, 2.24) is 10.4 Å². The Morgan fingerprint density at radius 3 is 2.67 bits per heavy atom. The molecule has 0 aromatic rings. The minimum absolute atomic E-state index is 0.118. The normalized spacial score (nSPS) is 16.7. The van der Waals surface area contributed by atoms with Crippen LogP contribution >= 0.6 is 0 Å². The van der Waals surface area contributed by atoms with Crippen molar-refractivity contribution in [2.45, 2.75) is 19.3 Å². The third kappa shape index (κ3) is 5.11. The number of piperidine rings is 1. The van der Waals surface area contributed by atoms with Gasteiger partial charge in [-0.25, -0.2) is 0 Å². The maximum absolute atomic E-state index is 11.6. The molecule has 0 saturated carbocycles. The monoisotopic (exact) mass is 216 g/mol. The molecule has 0 aliphatic carbocycles. The predicted molar refractivity (Wildman–Crippen MR) is 56.3 cm³/mol. The van der Waals surface area contributed by atoms with Gasteiger partial charge in [-0.3, -0.25) is 9.63 Å². The summed E-state index contributed by atoms with van der Waals surface area (Å²) >= 11 is 0. The van der Waals surface area contributed by atoms with Gasteiger partial charge in [-0.05, 0) is 19.3 Å². The molecule has 0 atom stereocenters. The first-order chi connectivity index (χ1) is 7.34. The van der Waals surface area contributed by atoms with Crippen molar-refractivity contribution in [3.63, 3.8) is 0 Å². The SMILES string of the molecule is COCCONCC(=O)N1CCCCC1. The van der Waals surface area contributed by atoms with E-state index in [0.29, 0.717) is 13.2 Å². The van der Waals surface area contributed by atoms with Crippen molar-refractivity contribution in [2.75, 3.05) is 40.0 Å². The van der Waals surface area contributed by atoms with Gasteiger partial charge in [0, 0.05) is 20.2 Å². The molecule has 1 fully saturated rings. The minimum atomic E-state index is 0.118. The van der Waals surface area contributed by atoms with Crippen LogP contribution in [0.3, 0.4) is 0 Å². The lowest BCUT2D eigenvalue weighted by molar-refractivity contribution is -0.134. The lowest BCUT2D eigenvalue weighted by Crippen LogP contribution is -2.41. The number of hydrogen-bond acceptors (Lipinski definition) is 4. The van der Waals surface area contributed by atoms with E-state index in [-0.39, 0.29) is 12.5 Å². The summed E-state index contributed by atoms with van der Waals surface area (Å²) in [6.07, 6.45) is 3.48. The largest absolute Gasteiger partial charge is 0.382 e. The standard InChI is InChI=1S/C10H20N2O3/c1-14-7-8-15-11-9-10(13)12-5-3-2-4-6-12/h11H,2-9H2,1H3. The van der Waals surface area contributed by atoms with Crippen molar-refractivity contribution in [3.8, 4) is 0 Å². The van der Waals surface area contributed by atoms with Crippen molar-refractivity contribution < 1.29 is 14.4 Å². The van der Waals surface area contributed by atoms with E-state index >= 15 is 0 Å². The number of amides is 1. The van der Waals surface area contributed by atoms with Crippen LogP contribution in [0.2, 0.25) is 0 Å². The molecule has 0 bridgehead atoms. The second-order valence-corrected chi connectivity index (χ2v) is 3.60. The number of methoxy groups -OCH3 is 1. The summed E-state index contributed by atoms with van der Waals surface area (Å²) in [5, 5.41) is 0. The Morgan fingerprint density at radius 1 is 1.27 bits per heavy atom. The Bertz CT molecular complexity index is 182. The zero-order valence-corrected chi connectivity index (χ0v) is 9.33. The van der Waals surface area contributed by atoms with Gasteiger partial charge in [-0.2, -0.15) is 5.48 Å². The van der Waals surface area contributed by atoms with Crippen molar-refractivity contribution in [2.24, 2.45) is 0 Å². The molecule has 0 aromatic carbocycles. The maximum atomic E-state index is 11.6. The van der Waals surface area contributed by atoms with E-state index in [0.717, 1.165) is 25.9 Å². The zero-order chi connectivity index (χ0) is 10.9. The second kappa shape index (κ2) is 7.62. The third-order valence-electron chi connectivity index (χ3n) is 2.42. The predicted octanol–water partition coefficient (Wildman–Crippen LogP) is 0.167. The molecule has 1 aliphatic rings. The molecule has 0 unspecified atom stereocenters. The van der Waals surface area contributed by atoms with E-state index in [1.165, 1.54) is 6.42 Å². The molecule has 15 heavy (non-hydrogen) atoms. The van der Waals surface area contributed by atoms with Gasteiger partial charge in [0.1, 0.15) is 6.54 Å². The van der Waals surface area contributed by atoms with Crippen molar-refractivity contribution in [3.05, 3.63) is 0 Å². The van der Waals surface area contributed by atoms with Gasteiger partial charge in [0.2, 0.25) is 5.91 Å². The average molecular weight is 216 g/mol. The van der Waals surface area contributed by atoms with Gasteiger partial charge in [-0.15, -0.1) is 0 Å². The maximum Gasteiger partial charge on any atom is 0.238 e. The van der Waals surface area contributed by atoms with Crippen LogP contribution in [0.25, 0.3) is 0 Å². The van der Waals surface area contributed by atoms with Gasteiger partial charge >= 0.3 is 0 Å². The summed E-state index contributed by atoms with van der Waals surface area (Å²) in [5.74, 6) is 0.118. The number of nitrogens with zero attached hydrogens (tertiary/aromatic N) is 1. The molecule has 1 rings (SSSR count). The molecule has 1 amide bonds. The fourth-order valence-corrected chi connectivity index (χ4v) is 1.57. The molecule has 1 N–H and O–H groups in total. The second-order valence-electron chi connectivity index (χ2n) is 3.60. The topological polar surface area (TPSA) is 50.8 Å². The molecule has 5 nitrogen and oxygen atoms in total. The first kappa shape index (κ1) is 12.4. The van der Waals surface area contributed by atoms with Crippen LogP contribution < -0.4 is 5.48 Å². The van der Waals surface area contributed by atoms with E-state index < -0.39 is 0 Å².